The molecule has 0 amide bonds. The molecule has 3 nitrogen and oxygen atoms in total. The summed E-state index contributed by atoms with van der Waals surface area (Å²) in [5.41, 5.74) is 0.705. The van der Waals surface area contributed by atoms with Crippen LogP contribution in [-0.2, 0) is 0 Å². The summed E-state index contributed by atoms with van der Waals surface area (Å²) >= 11 is 0. The molecule has 1 saturated carbocycles. The van der Waals surface area contributed by atoms with Crippen LogP contribution in [-0.4, -0.2) is 15.9 Å². The van der Waals surface area contributed by atoms with E-state index in [-0.39, 0.29) is 5.82 Å². The van der Waals surface area contributed by atoms with E-state index in [9.17, 15) is 4.39 Å². The van der Waals surface area contributed by atoms with Crippen molar-refractivity contribution in [2.24, 2.45) is 0 Å². The van der Waals surface area contributed by atoms with Crippen LogP contribution in [0.25, 0.3) is 5.69 Å². The zero-order valence-corrected chi connectivity index (χ0v) is 10.1. The lowest BCUT2D eigenvalue weighted by atomic mass is 10.3. The molecule has 18 heavy (non-hydrogen) atoms. The highest BCUT2D eigenvalue weighted by atomic mass is 19.1. The molecule has 1 aromatic carbocycles. The van der Waals surface area contributed by atoms with Gasteiger partial charge in [0.2, 0.25) is 0 Å². The minimum Gasteiger partial charge on any atom is -0.487 e. The first kappa shape index (κ1) is 11.3. The van der Waals surface area contributed by atoms with Gasteiger partial charge in [-0.2, -0.15) is 5.10 Å². The van der Waals surface area contributed by atoms with Gasteiger partial charge >= 0.3 is 0 Å². The smallest absolute Gasteiger partial charge is 0.158 e. The Hall–Kier alpha value is -1.84. The van der Waals surface area contributed by atoms with Crippen molar-refractivity contribution in [1.29, 1.82) is 0 Å². The van der Waals surface area contributed by atoms with Crippen molar-refractivity contribution in [1.82, 2.24) is 9.78 Å². The van der Waals surface area contributed by atoms with Crippen LogP contribution < -0.4 is 4.74 Å². The molecule has 4 heteroatoms. The summed E-state index contributed by atoms with van der Waals surface area (Å²) in [4.78, 5) is 0. The number of halogens is 1. The molecule has 1 heterocycles. The maximum atomic E-state index is 13.1. The van der Waals surface area contributed by atoms with Crippen molar-refractivity contribution in [3.63, 3.8) is 0 Å². The molecule has 1 aliphatic rings. The van der Waals surface area contributed by atoms with E-state index in [2.05, 4.69) is 5.10 Å². The lowest BCUT2D eigenvalue weighted by molar-refractivity contribution is 0.210. The number of benzene rings is 1. The molecule has 0 atom stereocenters. The summed E-state index contributed by atoms with van der Waals surface area (Å²) in [6.07, 6.45) is 8.51. The molecular weight excluding hydrogens is 231 g/mol. The van der Waals surface area contributed by atoms with E-state index in [0.717, 1.165) is 18.6 Å². The largest absolute Gasteiger partial charge is 0.487 e. The quantitative estimate of drug-likeness (QED) is 0.830. The zero-order valence-electron chi connectivity index (χ0n) is 10.1. The summed E-state index contributed by atoms with van der Waals surface area (Å²) in [6, 6.07) is 6.36. The topological polar surface area (TPSA) is 27.1 Å². The third-order valence-corrected chi connectivity index (χ3v) is 3.24. The van der Waals surface area contributed by atoms with Crippen molar-refractivity contribution in [2.45, 2.75) is 31.8 Å². The van der Waals surface area contributed by atoms with E-state index in [1.807, 2.05) is 6.07 Å². The first-order valence-electron chi connectivity index (χ1n) is 6.28. The summed E-state index contributed by atoms with van der Waals surface area (Å²) in [6.45, 7) is 0. The van der Waals surface area contributed by atoms with Crippen LogP contribution in [0.5, 0.6) is 5.75 Å². The molecule has 0 radical (unpaired) electrons. The number of aromatic nitrogens is 2. The normalized spacial score (nSPS) is 16.1. The number of hydrogen-bond donors (Lipinski definition) is 0. The van der Waals surface area contributed by atoms with Gasteiger partial charge in [-0.25, -0.2) is 9.07 Å². The fraction of sp³-hybridized carbons (Fsp3) is 0.357. The summed E-state index contributed by atoms with van der Waals surface area (Å²) in [5.74, 6) is 0.493. The van der Waals surface area contributed by atoms with Crippen LogP contribution in [0.4, 0.5) is 4.39 Å². The van der Waals surface area contributed by atoms with Gasteiger partial charge < -0.3 is 4.74 Å². The van der Waals surface area contributed by atoms with Crippen LogP contribution in [0.15, 0.2) is 36.7 Å². The maximum absolute atomic E-state index is 13.1. The Labute approximate surface area is 105 Å². The highest BCUT2D eigenvalue weighted by molar-refractivity contribution is 5.32. The van der Waals surface area contributed by atoms with Gasteiger partial charge in [-0.1, -0.05) is 6.07 Å². The van der Waals surface area contributed by atoms with Crippen LogP contribution >= 0.6 is 0 Å². The fourth-order valence-corrected chi connectivity index (χ4v) is 2.33. The Morgan fingerprint density at radius 1 is 1.28 bits per heavy atom. The lowest BCUT2D eigenvalue weighted by Gasteiger charge is -2.09. The van der Waals surface area contributed by atoms with Gasteiger partial charge in [-0.3, -0.25) is 0 Å². The predicted molar refractivity (Wildman–Crippen MR) is 66.4 cm³/mol. The number of rotatable bonds is 3. The van der Waals surface area contributed by atoms with Gasteiger partial charge in [0, 0.05) is 0 Å². The third-order valence-electron chi connectivity index (χ3n) is 3.24. The van der Waals surface area contributed by atoms with Crippen molar-refractivity contribution in [2.75, 3.05) is 0 Å². The average molecular weight is 246 g/mol. The van der Waals surface area contributed by atoms with E-state index in [0.29, 0.717) is 11.8 Å². The lowest BCUT2D eigenvalue weighted by Crippen LogP contribution is -2.10. The summed E-state index contributed by atoms with van der Waals surface area (Å²) in [7, 11) is 0. The van der Waals surface area contributed by atoms with Gasteiger partial charge in [0.15, 0.2) is 5.75 Å². The number of nitrogens with zero attached hydrogens (tertiary/aromatic N) is 2. The highest BCUT2D eigenvalue weighted by Crippen LogP contribution is 2.24. The van der Waals surface area contributed by atoms with Crippen LogP contribution in [0.2, 0.25) is 0 Å². The second-order valence-electron chi connectivity index (χ2n) is 4.62. The average Bonchev–Trinajstić information content (AvgIpc) is 3.01. The van der Waals surface area contributed by atoms with Gasteiger partial charge in [0.05, 0.1) is 24.2 Å². The molecule has 0 unspecified atom stereocenters. The molecule has 0 bridgehead atoms. The summed E-state index contributed by atoms with van der Waals surface area (Å²) < 4.78 is 20.6. The Morgan fingerprint density at radius 3 is 2.89 bits per heavy atom. The molecule has 1 aliphatic carbocycles. The van der Waals surface area contributed by atoms with Crippen molar-refractivity contribution < 1.29 is 9.13 Å². The van der Waals surface area contributed by atoms with E-state index >= 15 is 0 Å². The third kappa shape index (κ3) is 2.37. The Kier molecular flexibility index (Phi) is 3.00. The van der Waals surface area contributed by atoms with Crippen LogP contribution in [0, 0.1) is 5.82 Å². The Bertz CT molecular complexity index is 532. The first-order valence-corrected chi connectivity index (χ1v) is 6.28. The predicted octanol–water partition coefficient (Wildman–Crippen LogP) is 3.33. The molecule has 2 aromatic rings. The molecular formula is C14H15FN2O. The minimum atomic E-state index is -0.263. The minimum absolute atomic E-state index is 0.263. The molecule has 1 aromatic heterocycles. The van der Waals surface area contributed by atoms with E-state index < -0.39 is 0 Å². The molecule has 0 aliphatic heterocycles. The number of hydrogen-bond acceptors (Lipinski definition) is 2. The van der Waals surface area contributed by atoms with Gasteiger partial charge in [0.1, 0.15) is 5.82 Å². The zero-order chi connectivity index (χ0) is 12.4. The highest BCUT2D eigenvalue weighted by Gasteiger charge is 2.17. The van der Waals surface area contributed by atoms with Gasteiger partial charge in [-0.05, 0) is 43.9 Å². The second kappa shape index (κ2) is 4.80. The Balaban J connectivity index is 1.76. The molecule has 0 N–H and O–H groups in total. The Morgan fingerprint density at radius 2 is 2.11 bits per heavy atom. The fourth-order valence-electron chi connectivity index (χ4n) is 2.33. The molecule has 0 spiro atoms. The molecule has 0 saturated heterocycles. The van der Waals surface area contributed by atoms with Gasteiger partial charge in [0.25, 0.3) is 0 Å². The monoisotopic (exact) mass is 246 g/mol. The van der Waals surface area contributed by atoms with E-state index in [4.69, 9.17) is 4.74 Å². The molecule has 3 rings (SSSR count). The maximum Gasteiger partial charge on any atom is 0.158 e. The molecule has 1 fully saturated rings. The standard InChI is InChI=1S/C14H15FN2O/c15-11-4-3-5-12(8-11)17-10-14(9-16-17)18-13-6-1-2-7-13/h3-5,8-10,13H,1-2,6-7H2. The first-order chi connectivity index (χ1) is 8.81. The van der Waals surface area contributed by atoms with Crippen molar-refractivity contribution in [3.05, 3.63) is 42.5 Å². The van der Waals surface area contributed by atoms with Crippen LogP contribution in [0.3, 0.4) is 0 Å². The van der Waals surface area contributed by atoms with Crippen LogP contribution in [0.1, 0.15) is 25.7 Å². The SMILES string of the molecule is Fc1cccc(-n2cc(OC3CCCC3)cn2)c1. The number of ether oxygens (including phenoxy) is 1. The van der Waals surface area contributed by atoms with E-state index in [1.54, 1.807) is 23.1 Å². The van der Waals surface area contributed by atoms with Crippen molar-refractivity contribution >= 4 is 0 Å². The summed E-state index contributed by atoms with van der Waals surface area (Å²) in [5, 5.41) is 4.19. The molecule has 94 valence electrons. The van der Waals surface area contributed by atoms with E-state index in [1.165, 1.54) is 25.0 Å². The second-order valence-corrected chi connectivity index (χ2v) is 4.62. The van der Waals surface area contributed by atoms with Crippen molar-refractivity contribution in [3.8, 4) is 11.4 Å². The van der Waals surface area contributed by atoms with Gasteiger partial charge in [-0.15, -0.1) is 0 Å².